The van der Waals surface area contributed by atoms with Gasteiger partial charge in [0.25, 0.3) is 0 Å². The predicted octanol–water partition coefficient (Wildman–Crippen LogP) is 5.77. The largest absolute Gasteiger partial charge is 0.444 e. The molecule has 0 bridgehead atoms. The van der Waals surface area contributed by atoms with Crippen LogP contribution in [0.15, 0.2) is 24.4 Å². The van der Waals surface area contributed by atoms with E-state index in [1.807, 2.05) is 46.8 Å². The summed E-state index contributed by atoms with van der Waals surface area (Å²) in [6.45, 7) is 21.4. The standard InChI is InChI=1S/C27H33ClN4O3/c1-17-15-31(8-9-32(17)26(34)35-27(4,5)6)16-22-11-23(28)10-20(18(22)2)13-25(33)21-12-24(29-7)19(3)30-14-21/h10-12,14,17H,8-9,13,15-16H2,1-6H3/t17-/m0/s1. The summed E-state index contributed by atoms with van der Waals surface area (Å²) in [6.07, 6.45) is 1.43. The highest BCUT2D eigenvalue weighted by atomic mass is 35.5. The number of pyridine rings is 1. The molecule has 2 heterocycles. The molecule has 1 aliphatic rings. The van der Waals surface area contributed by atoms with E-state index in [9.17, 15) is 9.59 Å². The van der Waals surface area contributed by atoms with Crippen molar-refractivity contribution in [1.29, 1.82) is 0 Å². The highest BCUT2D eigenvalue weighted by molar-refractivity contribution is 6.30. The number of ether oxygens (including phenoxy) is 1. The van der Waals surface area contributed by atoms with Crippen LogP contribution in [0.4, 0.5) is 10.5 Å². The van der Waals surface area contributed by atoms with E-state index in [1.54, 1.807) is 17.9 Å². The first-order chi connectivity index (χ1) is 16.4. The molecular weight excluding hydrogens is 464 g/mol. The van der Waals surface area contributed by atoms with E-state index in [0.717, 1.165) is 23.2 Å². The van der Waals surface area contributed by atoms with E-state index in [-0.39, 0.29) is 24.3 Å². The van der Waals surface area contributed by atoms with Gasteiger partial charge in [0, 0.05) is 61.1 Å². The van der Waals surface area contributed by atoms with Crippen LogP contribution >= 0.6 is 11.6 Å². The lowest BCUT2D eigenvalue weighted by atomic mass is 9.95. The highest BCUT2D eigenvalue weighted by Gasteiger charge is 2.31. The maximum absolute atomic E-state index is 13.0. The number of amides is 1. The molecule has 186 valence electrons. The van der Waals surface area contributed by atoms with Crippen molar-refractivity contribution in [3.63, 3.8) is 0 Å². The van der Waals surface area contributed by atoms with E-state index >= 15 is 0 Å². The zero-order valence-corrected chi connectivity index (χ0v) is 22.1. The molecule has 0 N–H and O–H groups in total. The van der Waals surface area contributed by atoms with Crippen LogP contribution in [0.1, 0.15) is 60.4 Å². The third-order valence-electron chi connectivity index (χ3n) is 6.17. The van der Waals surface area contributed by atoms with Crippen LogP contribution in [0.25, 0.3) is 4.85 Å². The van der Waals surface area contributed by atoms with Gasteiger partial charge >= 0.3 is 6.09 Å². The van der Waals surface area contributed by atoms with Gasteiger partial charge in [0.05, 0.1) is 6.57 Å². The Balaban J connectivity index is 1.71. The average molecular weight is 497 g/mol. The van der Waals surface area contributed by atoms with Gasteiger partial charge in [0.15, 0.2) is 5.78 Å². The van der Waals surface area contributed by atoms with Crippen molar-refractivity contribution >= 4 is 29.2 Å². The van der Waals surface area contributed by atoms with Crippen LogP contribution in [-0.4, -0.2) is 57.9 Å². The number of Topliss-reactive ketones (excluding diaryl/α,β-unsaturated/α-hetero) is 1. The van der Waals surface area contributed by atoms with Crippen LogP contribution in [-0.2, 0) is 17.7 Å². The van der Waals surface area contributed by atoms with Gasteiger partial charge < -0.3 is 9.64 Å². The number of rotatable bonds is 5. The number of aryl methyl sites for hydroxylation is 1. The van der Waals surface area contributed by atoms with Crippen molar-refractivity contribution in [2.45, 2.75) is 66.2 Å². The molecule has 8 heteroatoms. The molecule has 1 amide bonds. The second-order valence-electron chi connectivity index (χ2n) is 10.1. The summed E-state index contributed by atoms with van der Waals surface area (Å²) in [4.78, 5) is 37.2. The van der Waals surface area contributed by atoms with E-state index in [2.05, 4.69) is 14.7 Å². The first-order valence-electron chi connectivity index (χ1n) is 11.7. The quantitative estimate of drug-likeness (QED) is 0.388. The lowest BCUT2D eigenvalue weighted by Crippen LogP contribution is -2.54. The second kappa shape index (κ2) is 10.8. The molecule has 3 rings (SSSR count). The molecule has 1 aromatic carbocycles. The number of carbonyl (C=O) groups excluding carboxylic acids is 2. The van der Waals surface area contributed by atoms with Crippen molar-refractivity contribution < 1.29 is 14.3 Å². The topological polar surface area (TPSA) is 67.1 Å². The van der Waals surface area contributed by atoms with Gasteiger partial charge in [-0.05, 0) is 76.4 Å². The van der Waals surface area contributed by atoms with Gasteiger partial charge in [-0.1, -0.05) is 11.6 Å². The summed E-state index contributed by atoms with van der Waals surface area (Å²) in [5, 5.41) is 0.581. The maximum atomic E-state index is 13.0. The minimum Gasteiger partial charge on any atom is -0.444 e. The molecule has 1 aliphatic heterocycles. The Morgan fingerprint density at radius 2 is 1.89 bits per heavy atom. The molecule has 0 saturated carbocycles. The van der Waals surface area contributed by atoms with E-state index in [4.69, 9.17) is 22.9 Å². The number of hydrogen-bond donors (Lipinski definition) is 0. The Morgan fingerprint density at radius 1 is 1.20 bits per heavy atom. The number of nitrogens with zero attached hydrogens (tertiary/aromatic N) is 4. The Morgan fingerprint density at radius 3 is 2.51 bits per heavy atom. The molecule has 0 radical (unpaired) electrons. The Hall–Kier alpha value is -2.95. The minimum absolute atomic E-state index is 0.0184. The van der Waals surface area contributed by atoms with Crippen LogP contribution < -0.4 is 0 Å². The Labute approximate surface area is 212 Å². The van der Waals surface area contributed by atoms with Crippen molar-refractivity contribution in [3.8, 4) is 0 Å². The molecule has 1 aromatic heterocycles. The van der Waals surface area contributed by atoms with E-state index < -0.39 is 5.60 Å². The van der Waals surface area contributed by atoms with Crippen LogP contribution in [0.2, 0.25) is 5.02 Å². The fourth-order valence-corrected chi connectivity index (χ4v) is 4.48. The van der Waals surface area contributed by atoms with Crippen LogP contribution in [0.5, 0.6) is 0 Å². The number of aromatic nitrogens is 1. The van der Waals surface area contributed by atoms with Crippen molar-refractivity contribution in [2.75, 3.05) is 19.6 Å². The molecule has 0 unspecified atom stereocenters. The van der Waals surface area contributed by atoms with E-state index in [0.29, 0.717) is 41.6 Å². The molecule has 1 atom stereocenters. The smallest absolute Gasteiger partial charge is 0.410 e. The molecule has 0 aliphatic carbocycles. The number of piperazine rings is 1. The third-order valence-corrected chi connectivity index (χ3v) is 6.39. The summed E-state index contributed by atoms with van der Waals surface area (Å²) < 4.78 is 5.54. The molecule has 1 saturated heterocycles. The minimum atomic E-state index is -0.522. The van der Waals surface area contributed by atoms with Crippen molar-refractivity contribution in [1.82, 2.24) is 14.8 Å². The van der Waals surface area contributed by atoms with Gasteiger partial charge in [-0.3, -0.25) is 14.7 Å². The normalized spacial score (nSPS) is 16.6. The average Bonchev–Trinajstić information content (AvgIpc) is 2.76. The van der Waals surface area contributed by atoms with Gasteiger partial charge in [-0.25, -0.2) is 9.64 Å². The van der Waals surface area contributed by atoms with Gasteiger partial charge in [0.2, 0.25) is 5.69 Å². The zero-order chi connectivity index (χ0) is 25.9. The number of carbonyl (C=O) groups is 2. The maximum Gasteiger partial charge on any atom is 0.410 e. The summed E-state index contributed by atoms with van der Waals surface area (Å²) in [6, 6.07) is 5.40. The molecule has 35 heavy (non-hydrogen) atoms. The Kier molecular flexibility index (Phi) is 8.19. The first-order valence-corrected chi connectivity index (χ1v) is 12.1. The molecule has 7 nitrogen and oxygen atoms in total. The fourth-order valence-electron chi connectivity index (χ4n) is 4.22. The molecule has 1 fully saturated rings. The van der Waals surface area contributed by atoms with Gasteiger partial charge in [0.1, 0.15) is 5.60 Å². The fraction of sp³-hybridized carbons (Fsp3) is 0.481. The molecular formula is C27H33ClN4O3. The van der Waals surface area contributed by atoms with Gasteiger partial charge in [-0.15, -0.1) is 0 Å². The highest BCUT2D eigenvalue weighted by Crippen LogP contribution is 2.26. The summed E-state index contributed by atoms with van der Waals surface area (Å²) in [7, 11) is 0. The summed E-state index contributed by atoms with van der Waals surface area (Å²) in [5.74, 6) is -0.0988. The number of benzene rings is 1. The Bertz CT molecular complexity index is 1170. The van der Waals surface area contributed by atoms with E-state index in [1.165, 1.54) is 6.20 Å². The van der Waals surface area contributed by atoms with Gasteiger partial charge in [-0.2, -0.15) is 0 Å². The van der Waals surface area contributed by atoms with Crippen molar-refractivity contribution in [2.24, 2.45) is 0 Å². The zero-order valence-electron chi connectivity index (χ0n) is 21.3. The second-order valence-corrected chi connectivity index (χ2v) is 10.6. The van der Waals surface area contributed by atoms with Crippen LogP contribution in [0, 0.1) is 20.4 Å². The third kappa shape index (κ3) is 6.81. The molecule has 0 spiro atoms. The van der Waals surface area contributed by atoms with Crippen LogP contribution in [0.3, 0.4) is 0 Å². The number of hydrogen-bond acceptors (Lipinski definition) is 5. The monoisotopic (exact) mass is 496 g/mol. The molecule has 2 aromatic rings. The van der Waals surface area contributed by atoms with Crippen molar-refractivity contribution in [3.05, 3.63) is 68.8 Å². The lowest BCUT2D eigenvalue weighted by molar-refractivity contribution is 0.000532. The predicted molar refractivity (Wildman–Crippen MR) is 137 cm³/mol. The first kappa shape index (κ1) is 26.7. The SMILES string of the molecule is [C-]#[N+]c1cc(C(=O)Cc2cc(Cl)cc(CN3CCN(C(=O)OC(C)(C)C)[C@@H](C)C3)c2C)cnc1C. The summed E-state index contributed by atoms with van der Waals surface area (Å²) >= 11 is 6.44. The number of halogens is 1. The lowest BCUT2D eigenvalue weighted by Gasteiger charge is -2.40. The summed E-state index contributed by atoms with van der Waals surface area (Å²) in [5.41, 5.74) is 3.85. The number of ketones is 1.